The van der Waals surface area contributed by atoms with E-state index in [4.69, 9.17) is 4.74 Å². The SMILES string of the molecule is CNc1cc(N2CCC(O)C(C)C2)nc(COC)n1. The number of hydrogen-bond donors (Lipinski definition) is 2. The van der Waals surface area contributed by atoms with Gasteiger partial charge in [-0.15, -0.1) is 0 Å². The maximum atomic E-state index is 9.79. The summed E-state index contributed by atoms with van der Waals surface area (Å²) in [5.41, 5.74) is 0. The third-order valence-electron chi connectivity index (χ3n) is 3.47. The van der Waals surface area contributed by atoms with Gasteiger partial charge in [-0.1, -0.05) is 6.92 Å². The number of aromatic nitrogens is 2. The molecule has 2 N–H and O–H groups in total. The number of hydrogen-bond acceptors (Lipinski definition) is 6. The van der Waals surface area contributed by atoms with E-state index in [2.05, 4.69) is 27.1 Å². The second-order valence-corrected chi connectivity index (χ2v) is 4.99. The lowest BCUT2D eigenvalue weighted by Crippen LogP contribution is -2.42. The Bertz CT molecular complexity index is 427. The first-order valence-corrected chi connectivity index (χ1v) is 6.61. The molecule has 0 amide bonds. The minimum atomic E-state index is -0.208. The van der Waals surface area contributed by atoms with Crippen LogP contribution in [0.15, 0.2) is 6.07 Å². The Hall–Kier alpha value is -1.40. The van der Waals surface area contributed by atoms with Gasteiger partial charge in [0.05, 0.1) is 6.10 Å². The van der Waals surface area contributed by atoms with Crippen LogP contribution in [0.4, 0.5) is 11.6 Å². The van der Waals surface area contributed by atoms with E-state index in [0.717, 1.165) is 31.1 Å². The van der Waals surface area contributed by atoms with Crippen LogP contribution in [-0.4, -0.2) is 48.4 Å². The second kappa shape index (κ2) is 6.16. The van der Waals surface area contributed by atoms with Crippen LogP contribution in [-0.2, 0) is 11.3 Å². The maximum absolute atomic E-state index is 9.79. The molecule has 2 unspecified atom stereocenters. The van der Waals surface area contributed by atoms with Gasteiger partial charge in [0.1, 0.15) is 18.2 Å². The largest absolute Gasteiger partial charge is 0.393 e. The van der Waals surface area contributed by atoms with E-state index in [1.807, 2.05) is 13.1 Å². The van der Waals surface area contributed by atoms with Crippen molar-refractivity contribution in [2.24, 2.45) is 5.92 Å². The lowest BCUT2D eigenvalue weighted by Gasteiger charge is -2.35. The number of ether oxygens (including phenoxy) is 1. The van der Waals surface area contributed by atoms with Crippen molar-refractivity contribution in [3.05, 3.63) is 11.9 Å². The van der Waals surface area contributed by atoms with E-state index in [1.54, 1.807) is 7.11 Å². The topological polar surface area (TPSA) is 70.5 Å². The van der Waals surface area contributed by atoms with Gasteiger partial charge in [0.25, 0.3) is 0 Å². The predicted octanol–water partition coefficient (Wildman–Crippen LogP) is 0.872. The van der Waals surface area contributed by atoms with E-state index in [-0.39, 0.29) is 12.0 Å². The van der Waals surface area contributed by atoms with Gasteiger partial charge < -0.3 is 20.1 Å². The highest BCUT2D eigenvalue weighted by Gasteiger charge is 2.25. The van der Waals surface area contributed by atoms with E-state index < -0.39 is 0 Å². The van der Waals surface area contributed by atoms with Gasteiger partial charge in [-0.3, -0.25) is 0 Å². The van der Waals surface area contributed by atoms with Gasteiger partial charge in [-0.25, -0.2) is 9.97 Å². The molecule has 1 aromatic heterocycles. The van der Waals surface area contributed by atoms with E-state index in [1.165, 1.54) is 0 Å². The quantitative estimate of drug-likeness (QED) is 0.843. The fraction of sp³-hybridized carbons (Fsp3) is 0.692. The molecule has 1 aliphatic heterocycles. The number of aliphatic hydroxyl groups is 1. The Kier molecular flexibility index (Phi) is 4.55. The van der Waals surface area contributed by atoms with E-state index >= 15 is 0 Å². The first-order chi connectivity index (χ1) is 9.13. The Morgan fingerprint density at radius 3 is 2.95 bits per heavy atom. The Morgan fingerprint density at radius 1 is 1.53 bits per heavy atom. The van der Waals surface area contributed by atoms with Crippen molar-refractivity contribution in [1.82, 2.24) is 9.97 Å². The molecule has 106 valence electrons. The van der Waals surface area contributed by atoms with Crippen LogP contribution < -0.4 is 10.2 Å². The number of nitrogens with one attached hydrogen (secondary N) is 1. The molecule has 0 spiro atoms. The third-order valence-corrected chi connectivity index (χ3v) is 3.47. The van der Waals surface area contributed by atoms with Crippen molar-refractivity contribution in [3.63, 3.8) is 0 Å². The van der Waals surface area contributed by atoms with Gasteiger partial charge in [0.15, 0.2) is 5.82 Å². The summed E-state index contributed by atoms with van der Waals surface area (Å²) < 4.78 is 5.10. The van der Waals surface area contributed by atoms with Crippen LogP contribution in [0.1, 0.15) is 19.2 Å². The minimum absolute atomic E-state index is 0.208. The predicted molar refractivity (Wildman–Crippen MR) is 74.3 cm³/mol. The number of piperidine rings is 1. The van der Waals surface area contributed by atoms with Crippen LogP contribution in [0.2, 0.25) is 0 Å². The summed E-state index contributed by atoms with van der Waals surface area (Å²) in [6.07, 6.45) is 0.569. The summed E-state index contributed by atoms with van der Waals surface area (Å²) in [5.74, 6) is 2.61. The normalized spacial score (nSPS) is 23.5. The van der Waals surface area contributed by atoms with Gasteiger partial charge >= 0.3 is 0 Å². The first kappa shape index (κ1) is 14.0. The molecule has 0 aliphatic carbocycles. The smallest absolute Gasteiger partial charge is 0.158 e. The fourth-order valence-electron chi connectivity index (χ4n) is 2.31. The molecule has 1 aliphatic rings. The van der Waals surface area contributed by atoms with Crippen molar-refractivity contribution in [1.29, 1.82) is 0 Å². The lowest BCUT2D eigenvalue weighted by molar-refractivity contribution is 0.0968. The molecule has 0 radical (unpaired) electrons. The van der Waals surface area contributed by atoms with Crippen LogP contribution in [0.5, 0.6) is 0 Å². The Labute approximate surface area is 113 Å². The molecule has 1 aromatic rings. The van der Waals surface area contributed by atoms with Gasteiger partial charge in [0.2, 0.25) is 0 Å². The maximum Gasteiger partial charge on any atom is 0.158 e. The second-order valence-electron chi connectivity index (χ2n) is 4.99. The molecular weight excluding hydrogens is 244 g/mol. The minimum Gasteiger partial charge on any atom is -0.393 e. The van der Waals surface area contributed by atoms with Crippen LogP contribution in [0.25, 0.3) is 0 Å². The summed E-state index contributed by atoms with van der Waals surface area (Å²) >= 11 is 0. The van der Waals surface area contributed by atoms with Crippen LogP contribution in [0, 0.1) is 5.92 Å². The summed E-state index contributed by atoms with van der Waals surface area (Å²) in [5, 5.41) is 12.8. The van der Waals surface area contributed by atoms with Gasteiger partial charge in [-0.2, -0.15) is 0 Å². The van der Waals surface area contributed by atoms with E-state index in [9.17, 15) is 5.11 Å². The molecule has 2 heterocycles. The molecule has 6 nitrogen and oxygen atoms in total. The molecule has 0 aromatic carbocycles. The molecule has 0 bridgehead atoms. The number of rotatable bonds is 4. The molecule has 2 rings (SSSR count). The molecule has 2 atom stereocenters. The highest BCUT2D eigenvalue weighted by Crippen LogP contribution is 2.23. The van der Waals surface area contributed by atoms with Crippen molar-refractivity contribution < 1.29 is 9.84 Å². The molecular formula is C13H22N4O2. The Balaban J connectivity index is 2.20. The third kappa shape index (κ3) is 3.33. The Morgan fingerprint density at radius 2 is 2.32 bits per heavy atom. The summed E-state index contributed by atoms with van der Waals surface area (Å²) in [4.78, 5) is 11.1. The highest BCUT2D eigenvalue weighted by molar-refractivity contribution is 5.49. The standard InChI is InChI=1S/C13H22N4O2/c1-9-7-17(5-4-10(9)18)13-6-11(14-2)15-12(16-13)8-19-3/h6,9-10,18H,4-5,7-8H2,1-3H3,(H,14,15,16). The number of nitrogens with zero attached hydrogens (tertiary/aromatic N) is 3. The first-order valence-electron chi connectivity index (χ1n) is 6.61. The van der Waals surface area contributed by atoms with Crippen molar-refractivity contribution in [3.8, 4) is 0 Å². The number of anilines is 2. The zero-order chi connectivity index (χ0) is 13.8. The van der Waals surface area contributed by atoms with Crippen molar-refractivity contribution >= 4 is 11.6 Å². The summed E-state index contributed by atoms with van der Waals surface area (Å²) in [7, 11) is 3.47. The number of methoxy groups -OCH3 is 1. The molecule has 0 saturated carbocycles. The van der Waals surface area contributed by atoms with Gasteiger partial charge in [-0.05, 0) is 12.3 Å². The summed E-state index contributed by atoms with van der Waals surface area (Å²) in [6.45, 7) is 4.09. The average Bonchev–Trinajstić information content (AvgIpc) is 2.42. The van der Waals surface area contributed by atoms with Crippen LogP contribution >= 0.6 is 0 Å². The lowest BCUT2D eigenvalue weighted by atomic mass is 9.97. The summed E-state index contributed by atoms with van der Waals surface area (Å²) in [6, 6.07) is 1.93. The van der Waals surface area contributed by atoms with E-state index in [0.29, 0.717) is 12.4 Å². The zero-order valence-corrected chi connectivity index (χ0v) is 11.8. The van der Waals surface area contributed by atoms with Crippen LogP contribution in [0.3, 0.4) is 0 Å². The molecule has 1 saturated heterocycles. The molecule has 19 heavy (non-hydrogen) atoms. The number of aliphatic hydroxyl groups excluding tert-OH is 1. The van der Waals surface area contributed by atoms with Gasteiger partial charge in [0, 0.05) is 33.3 Å². The van der Waals surface area contributed by atoms with Crippen molar-refractivity contribution in [2.45, 2.75) is 26.1 Å². The zero-order valence-electron chi connectivity index (χ0n) is 11.8. The molecule has 6 heteroatoms. The fourth-order valence-corrected chi connectivity index (χ4v) is 2.31. The monoisotopic (exact) mass is 266 g/mol. The highest BCUT2D eigenvalue weighted by atomic mass is 16.5. The van der Waals surface area contributed by atoms with Crippen molar-refractivity contribution in [2.75, 3.05) is 37.5 Å². The molecule has 1 fully saturated rings. The average molecular weight is 266 g/mol.